The molecule has 3 nitrogen and oxygen atoms in total. The first-order valence-corrected chi connectivity index (χ1v) is 6.28. The number of aromatic nitrogens is 1. The number of ether oxygens (including phenoxy) is 1. The molecule has 0 bridgehead atoms. The summed E-state index contributed by atoms with van der Waals surface area (Å²) in [6.45, 7) is 2.20. The molecule has 0 saturated heterocycles. The standard InChI is InChI=1S/C13H11NO2S/c1-2-16-13(15)10-7-9-8-5-3-4-6-11(8)17-12(9)14-10/h3-7,14H,2H2,1H3. The third kappa shape index (κ3) is 1.61. The summed E-state index contributed by atoms with van der Waals surface area (Å²) in [4.78, 5) is 15.7. The maximum absolute atomic E-state index is 11.6. The molecule has 0 aliphatic rings. The Hall–Kier alpha value is -1.81. The van der Waals surface area contributed by atoms with Crippen molar-refractivity contribution in [3.8, 4) is 0 Å². The Kier molecular flexibility index (Phi) is 2.37. The molecule has 0 radical (unpaired) electrons. The van der Waals surface area contributed by atoms with Crippen LogP contribution in [-0.2, 0) is 4.74 Å². The van der Waals surface area contributed by atoms with Crippen LogP contribution in [0.3, 0.4) is 0 Å². The van der Waals surface area contributed by atoms with Gasteiger partial charge in [0.25, 0.3) is 0 Å². The average molecular weight is 245 g/mol. The molecule has 17 heavy (non-hydrogen) atoms. The number of H-pyrrole nitrogens is 1. The molecule has 1 N–H and O–H groups in total. The third-order valence-electron chi connectivity index (χ3n) is 2.67. The quantitative estimate of drug-likeness (QED) is 0.701. The number of thiophene rings is 1. The molecule has 2 aromatic heterocycles. The van der Waals surface area contributed by atoms with Gasteiger partial charge in [0.05, 0.1) is 6.61 Å². The second kappa shape index (κ2) is 3.89. The molecule has 0 spiro atoms. The van der Waals surface area contributed by atoms with Gasteiger partial charge in [0.2, 0.25) is 0 Å². The van der Waals surface area contributed by atoms with Crippen molar-refractivity contribution in [1.82, 2.24) is 4.98 Å². The fraction of sp³-hybridized carbons (Fsp3) is 0.154. The summed E-state index contributed by atoms with van der Waals surface area (Å²) in [6, 6.07) is 10.0. The van der Waals surface area contributed by atoms with E-state index in [1.54, 1.807) is 18.3 Å². The van der Waals surface area contributed by atoms with Gasteiger partial charge in [0.15, 0.2) is 0 Å². The molecule has 0 aliphatic carbocycles. The largest absolute Gasteiger partial charge is 0.461 e. The lowest BCUT2D eigenvalue weighted by molar-refractivity contribution is 0.0520. The molecule has 0 saturated carbocycles. The lowest BCUT2D eigenvalue weighted by Gasteiger charge is -1.97. The van der Waals surface area contributed by atoms with Gasteiger partial charge >= 0.3 is 5.97 Å². The Morgan fingerprint density at radius 3 is 3.00 bits per heavy atom. The molecule has 0 fully saturated rings. The van der Waals surface area contributed by atoms with Crippen molar-refractivity contribution in [1.29, 1.82) is 0 Å². The van der Waals surface area contributed by atoms with Crippen LogP contribution in [0.5, 0.6) is 0 Å². The summed E-state index contributed by atoms with van der Waals surface area (Å²) >= 11 is 1.65. The lowest BCUT2D eigenvalue weighted by Crippen LogP contribution is -2.04. The highest BCUT2D eigenvalue weighted by molar-refractivity contribution is 7.25. The molecule has 3 aromatic rings. The van der Waals surface area contributed by atoms with Gasteiger partial charge in [-0.2, -0.15) is 0 Å². The van der Waals surface area contributed by atoms with Gasteiger partial charge in [-0.25, -0.2) is 4.79 Å². The van der Waals surface area contributed by atoms with Gasteiger partial charge in [-0.15, -0.1) is 11.3 Å². The van der Waals surface area contributed by atoms with Crippen LogP contribution in [0.15, 0.2) is 30.3 Å². The van der Waals surface area contributed by atoms with Crippen LogP contribution in [0.4, 0.5) is 0 Å². The van der Waals surface area contributed by atoms with E-state index in [-0.39, 0.29) is 5.97 Å². The second-order valence-electron chi connectivity index (χ2n) is 3.74. The zero-order valence-corrected chi connectivity index (χ0v) is 10.1. The molecular formula is C13H11NO2S. The third-order valence-corrected chi connectivity index (χ3v) is 3.77. The fourth-order valence-corrected chi connectivity index (χ4v) is 3.02. The summed E-state index contributed by atoms with van der Waals surface area (Å²) in [6.07, 6.45) is 0. The van der Waals surface area contributed by atoms with Crippen LogP contribution in [-0.4, -0.2) is 17.6 Å². The molecule has 0 unspecified atom stereocenters. The maximum Gasteiger partial charge on any atom is 0.354 e. The van der Waals surface area contributed by atoms with E-state index >= 15 is 0 Å². The number of aromatic amines is 1. The van der Waals surface area contributed by atoms with Gasteiger partial charge in [-0.05, 0) is 19.1 Å². The summed E-state index contributed by atoms with van der Waals surface area (Å²) < 4.78 is 6.20. The van der Waals surface area contributed by atoms with Gasteiger partial charge in [0.1, 0.15) is 10.5 Å². The number of hydrogen-bond donors (Lipinski definition) is 1. The number of hydrogen-bond acceptors (Lipinski definition) is 3. The van der Waals surface area contributed by atoms with E-state index in [9.17, 15) is 4.79 Å². The molecular weight excluding hydrogens is 234 g/mol. The number of carbonyl (C=O) groups excluding carboxylic acids is 1. The topological polar surface area (TPSA) is 42.1 Å². The van der Waals surface area contributed by atoms with E-state index < -0.39 is 0 Å². The SMILES string of the molecule is CCOC(=O)c1cc2c([nH]1)sc1ccccc12. The molecule has 0 amide bonds. The summed E-state index contributed by atoms with van der Waals surface area (Å²) in [5, 5.41) is 2.27. The minimum atomic E-state index is -0.292. The number of benzene rings is 1. The van der Waals surface area contributed by atoms with Gasteiger partial charge < -0.3 is 9.72 Å². The Labute approximate surface area is 102 Å². The summed E-state index contributed by atoms with van der Waals surface area (Å²) in [7, 11) is 0. The lowest BCUT2D eigenvalue weighted by atomic mass is 10.2. The van der Waals surface area contributed by atoms with E-state index in [4.69, 9.17) is 4.74 Å². The number of fused-ring (bicyclic) bond motifs is 3. The van der Waals surface area contributed by atoms with Crippen molar-refractivity contribution in [2.24, 2.45) is 0 Å². The Bertz CT molecular complexity index is 696. The van der Waals surface area contributed by atoms with Crippen molar-refractivity contribution in [3.05, 3.63) is 36.0 Å². The highest BCUT2D eigenvalue weighted by Crippen LogP contribution is 2.33. The molecule has 1 aromatic carbocycles. The van der Waals surface area contributed by atoms with Crippen LogP contribution in [0.2, 0.25) is 0 Å². The minimum Gasteiger partial charge on any atom is -0.461 e. The molecule has 86 valence electrons. The summed E-state index contributed by atoms with van der Waals surface area (Å²) in [5.74, 6) is -0.292. The highest BCUT2D eigenvalue weighted by atomic mass is 32.1. The number of esters is 1. The second-order valence-corrected chi connectivity index (χ2v) is 4.80. The van der Waals surface area contributed by atoms with E-state index in [0.29, 0.717) is 12.3 Å². The zero-order chi connectivity index (χ0) is 11.8. The van der Waals surface area contributed by atoms with Gasteiger partial charge in [-0.3, -0.25) is 0 Å². The molecule has 0 aliphatic heterocycles. The van der Waals surface area contributed by atoms with Crippen molar-refractivity contribution < 1.29 is 9.53 Å². The Balaban J connectivity index is 2.17. The van der Waals surface area contributed by atoms with Crippen molar-refractivity contribution in [2.75, 3.05) is 6.61 Å². The molecule has 3 rings (SSSR count). The predicted molar refractivity (Wildman–Crippen MR) is 69.6 cm³/mol. The van der Waals surface area contributed by atoms with Crippen molar-refractivity contribution in [2.45, 2.75) is 6.92 Å². The Morgan fingerprint density at radius 1 is 1.35 bits per heavy atom. The number of nitrogens with one attached hydrogen (secondary N) is 1. The van der Waals surface area contributed by atoms with Gasteiger partial charge in [-0.1, -0.05) is 18.2 Å². The first kappa shape index (κ1) is 10.4. The number of rotatable bonds is 2. The van der Waals surface area contributed by atoms with E-state index in [2.05, 4.69) is 17.1 Å². The first-order valence-electron chi connectivity index (χ1n) is 5.47. The predicted octanol–water partition coefficient (Wildman–Crippen LogP) is 3.56. The Morgan fingerprint density at radius 2 is 2.18 bits per heavy atom. The summed E-state index contributed by atoms with van der Waals surface area (Å²) in [5.41, 5.74) is 0.527. The van der Waals surface area contributed by atoms with E-state index in [0.717, 1.165) is 10.2 Å². The number of carbonyl (C=O) groups is 1. The maximum atomic E-state index is 11.6. The molecule has 2 heterocycles. The monoisotopic (exact) mass is 245 g/mol. The van der Waals surface area contributed by atoms with Crippen LogP contribution in [0.25, 0.3) is 20.3 Å². The minimum absolute atomic E-state index is 0.292. The van der Waals surface area contributed by atoms with Crippen LogP contribution >= 0.6 is 11.3 Å². The van der Waals surface area contributed by atoms with Crippen molar-refractivity contribution in [3.63, 3.8) is 0 Å². The molecule has 0 atom stereocenters. The van der Waals surface area contributed by atoms with Crippen LogP contribution < -0.4 is 0 Å². The van der Waals surface area contributed by atoms with Crippen LogP contribution in [0, 0.1) is 0 Å². The van der Waals surface area contributed by atoms with E-state index in [1.807, 2.05) is 18.2 Å². The molecule has 4 heteroatoms. The van der Waals surface area contributed by atoms with E-state index in [1.165, 1.54) is 10.1 Å². The average Bonchev–Trinajstić information content (AvgIpc) is 2.86. The smallest absolute Gasteiger partial charge is 0.354 e. The van der Waals surface area contributed by atoms with Crippen molar-refractivity contribution >= 4 is 37.6 Å². The van der Waals surface area contributed by atoms with Crippen LogP contribution in [0.1, 0.15) is 17.4 Å². The van der Waals surface area contributed by atoms with Gasteiger partial charge in [0, 0.05) is 15.5 Å². The zero-order valence-electron chi connectivity index (χ0n) is 9.32. The first-order chi connectivity index (χ1) is 8.29. The highest BCUT2D eigenvalue weighted by Gasteiger charge is 2.13. The fourth-order valence-electron chi connectivity index (χ4n) is 1.92. The normalized spacial score (nSPS) is 11.1.